The highest BCUT2D eigenvalue weighted by Crippen LogP contribution is 2.36. The van der Waals surface area contributed by atoms with Gasteiger partial charge in [-0.15, -0.1) is 0 Å². The molecule has 0 fully saturated rings. The fraction of sp³-hybridized carbons (Fsp3) is 0.240. The first-order chi connectivity index (χ1) is 13.7. The highest BCUT2D eigenvalue weighted by atomic mass is 16.5. The fourth-order valence-electron chi connectivity index (χ4n) is 3.61. The zero-order valence-electron chi connectivity index (χ0n) is 16.2. The molecule has 142 valence electrons. The van der Waals surface area contributed by atoms with Crippen molar-refractivity contribution in [2.45, 2.75) is 26.2 Å². The van der Waals surface area contributed by atoms with E-state index < -0.39 is 0 Å². The van der Waals surface area contributed by atoms with Gasteiger partial charge in [0.25, 0.3) is 0 Å². The number of unbranched alkanes of at least 4 members (excludes halogenated alkanes) is 1. The third kappa shape index (κ3) is 3.94. The molecule has 28 heavy (non-hydrogen) atoms. The van der Waals surface area contributed by atoms with Crippen LogP contribution in [0.25, 0.3) is 11.1 Å². The second-order valence-corrected chi connectivity index (χ2v) is 7.21. The van der Waals surface area contributed by atoms with Gasteiger partial charge in [-0.2, -0.15) is 0 Å². The number of ether oxygens (including phenoxy) is 1. The van der Waals surface area contributed by atoms with E-state index in [9.17, 15) is 4.79 Å². The molecular formula is C25H25NO2. The summed E-state index contributed by atoms with van der Waals surface area (Å²) in [6, 6.07) is 22.3. The van der Waals surface area contributed by atoms with Gasteiger partial charge in [0.05, 0.1) is 13.2 Å². The normalized spacial score (nSPS) is 11.6. The highest BCUT2D eigenvalue weighted by molar-refractivity contribution is 6.00. The monoisotopic (exact) mass is 371 g/mol. The molecule has 3 aromatic carbocycles. The van der Waals surface area contributed by atoms with Crippen LogP contribution in [0.15, 0.2) is 66.7 Å². The molecule has 0 radical (unpaired) electrons. The van der Waals surface area contributed by atoms with Crippen LogP contribution in [-0.4, -0.2) is 18.9 Å². The predicted molar refractivity (Wildman–Crippen MR) is 114 cm³/mol. The summed E-state index contributed by atoms with van der Waals surface area (Å²) in [6.45, 7) is 3.17. The van der Waals surface area contributed by atoms with Crippen molar-refractivity contribution in [1.29, 1.82) is 0 Å². The standard InChI is InChI=1S/C25H25NO2/c1-2-3-14-28-22-11-9-21(10-12-22)26-17-25(27)19-8-13-24-20(16-19)15-18-6-4-5-7-23(18)24/h4-13,16,26H,2-3,14-15,17H2,1H3. The van der Waals surface area contributed by atoms with Crippen molar-refractivity contribution < 1.29 is 9.53 Å². The van der Waals surface area contributed by atoms with Crippen LogP contribution in [0.3, 0.4) is 0 Å². The molecule has 0 aliphatic heterocycles. The van der Waals surface area contributed by atoms with Crippen LogP contribution < -0.4 is 10.1 Å². The van der Waals surface area contributed by atoms with Gasteiger partial charge in [-0.25, -0.2) is 0 Å². The lowest BCUT2D eigenvalue weighted by atomic mass is 10.0. The molecule has 1 N–H and O–H groups in total. The largest absolute Gasteiger partial charge is 0.494 e. The van der Waals surface area contributed by atoms with Crippen molar-refractivity contribution in [2.75, 3.05) is 18.5 Å². The Bertz CT molecular complexity index is 976. The van der Waals surface area contributed by atoms with Gasteiger partial charge in [0, 0.05) is 11.3 Å². The summed E-state index contributed by atoms with van der Waals surface area (Å²) >= 11 is 0. The number of fused-ring (bicyclic) bond motifs is 3. The first-order valence-electron chi connectivity index (χ1n) is 9.95. The Morgan fingerprint density at radius 3 is 2.57 bits per heavy atom. The average Bonchev–Trinajstić information content (AvgIpc) is 3.11. The minimum absolute atomic E-state index is 0.0991. The molecule has 0 spiro atoms. The van der Waals surface area contributed by atoms with Gasteiger partial charge in [0.15, 0.2) is 5.78 Å². The quantitative estimate of drug-likeness (QED) is 0.317. The molecule has 1 aliphatic rings. The van der Waals surface area contributed by atoms with Crippen LogP contribution in [-0.2, 0) is 6.42 Å². The van der Waals surface area contributed by atoms with Gasteiger partial charge < -0.3 is 10.1 Å². The topological polar surface area (TPSA) is 38.3 Å². The molecule has 0 heterocycles. The van der Waals surface area contributed by atoms with Gasteiger partial charge >= 0.3 is 0 Å². The minimum Gasteiger partial charge on any atom is -0.494 e. The van der Waals surface area contributed by atoms with Gasteiger partial charge in [-0.3, -0.25) is 4.79 Å². The number of anilines is 1. The summed E-state index contributed by atoms with van der Waals surface area (Å²) in [5.41, 5.74) is 6.79. The van der Waals surface area contributed by atoms with E-state index in [0.717, 1.165) is 42.9 Å². The van der Waals surface area contributed by atoms with E-state index in [1.54, 1.807) is 0 Å². The molecule has 0 saturated carbocycles. The first-order valence-corrected chi connectivity index (χ1v) is 9.95. The van der Waals surface area contributed by atoms with E-state index in [0.29, 0.717) is 0 Å². The van der Waals surface area contributed by atoms with E-state index >= 15 is 0 Å². The van der Waals surface area contributed by atoms with Crippen LogP contribution in [0.2, 0.25) is 0 Å². The van der Waals surface area contributed by atoms with Crippen molar-refractivity contribution in [3.05, 3.63) is 83.4 Å². The predicted octanol–water partition coefficient (Wildman–Crippen LogP) is 5.73. The number of carbonyl (C=O) groups is 1. The summed E-state index contributed by atoms with van der Waals surface area (Å²) in [4.78, 5) is 12.6. The Labute approximate surface area is 166 Å². The molecule has 4 rings (SSSR count). The van der Waals surface area contributed by atoms with Gasteiger partial charge in [0.2, 0.25) is 0 Å². The maximum atomic E-state index is 12.6. The van der Waals surface area contributed by atoms with Gasteiger partial charge in [0.1, 0.15) is 5.75 Å². The number of hydrogen-bond donors (Lipinski definition) is 1. The molecule has 0 bridgehead atoms. The Morgan fingerprint density at radius 2 is 1.75 bits per heavy atom. The summed E-state index contributed by atoms with van der Waals surface area (Å²) < 4.78 is 5.67. The van der Waals surface area contributed by atoms with E-state index in [-0.39, 0.29) is 12.3 Å². The van der Waals surface area contributed by atoms with E-state index in [4.69, 9.17) is 4.74 Å². The summed E-state index contributed by atoms with van der Waals surface area (Å²) in [5.74, 6) is 0.963. The van der Waals surface area contributed by atoms with E-state index in [1.165, 1.54) is 22.3 Å². The molecular weight excluding hydrogens is 346 g/mol. The average molecular weight is 371 g/mol. The Hall–Kier alpha value is -3.07. The van der Waals surface area contributed by atoms with Crippen molar-refractivity contribution in [3.8, 4) is 16.9 Å². The number of rotatable bonds is 8. The summed E-state index contributed by atoms with van der Waals surface area (Å²) in [5, 5.41) is 3.22. The number of nitrogens with one attached hydrogen (secondary N) is 1. The van der Waals surface area contributed by atoms with Crippen LogP contribution >= 0.6 is 0 Å². The molecule has 0 saturated heterocycles. The molecule has 0 amide bonds. The fourth-order valence-corrected chi connectivity index (χ4v) is 3.61. The van der Waals surface area contributed by atoms with E-state index in [2.05, 4.69) is 42.6 Å². The van der Waals surface area contributed by atoms with Crippen molar-refractivity contribution >= 4 is 11.5 Å². The third-order valence-electron chi connectivity index (χ3n) is 5.19. The smallest absolute Gasteiger partial charge is 0.181 e. The summed E-state index contributed by atoms with van der Waals surface area (Å²) in [7, 11) is 0. The number of carbonyl (C=O) groups excluding carboxylic acids is 1. The van der Waals surface area contributed by atoms with Crippen molar-refractivity contribution in [1.82, 2.24) is 0 Å². The van der Waals surface area contributed by atoms with Crippen LogP contribution in [0.1, 0.15) is 41.3 Å². The Balaban J connectivity index is 1.36. The van der Waals surface area contributed by atoms with Crippen LogP contribution in [0.4, 0.5) is 5.69 Å². The lowest BCUT2D eigenvalue weighted by Gasteiger charge is -2.09. The van der Waals surface area contributed by atoms with Gasteiger partial charge in [-0.05, 0) is 65.4 Å². The molecule has 3 aromatic rings. The third-order valence-corrected chi connectivity index (χ3v) is 5.19. The molecule has 3 nitrogen and oxygen atoms in total. The number of hydrogen-bond acceptors (Lipinski definition) is 3. The molecule has 0 unspecified atom stereocenters. The van der Waals surface area contributed by atoms with Crippen molar-refractivity contribution in [2.24, 2.45) is 0 Å². The first kappa shape index (κ1) is 18.3. The molecule has 0 atom stereocenters. The Kier molecular flexibility index (Phi) is 5.43. The second-order valence-electron chi connectivity index (χ2n) is 7.21. The number of Topliss-reactive ketones (excluding diaryl/α,β-unsaturated/α-hetero) is 1. The molecule has 0 aromatic heterocycles. The zero-order valence-corrected chi connectivity index (χ0v) is 16.2. The lowest BCUT2D eigenvalue weighted by Crippen LogP contribution is -2.14. The SMILES string of the molecule is CCCCOc1ccc(NCC(=O)c2ccc3c(c2)Cc2ccccc2-3)cc1. The maximum Gasteiger partial charge on any atom is 0.181 e. The van der Waals surface area contributed by atoms with Gasteiger partial charge in [-0.1, -0.05) is 49.7 Å². The van der Waals surface area contributed by atoms with Crippen LogP contribution in [0, 0.1) is 0 Å². The van der Waals surface area contributed by atoms with Crippen LogP contribution in [0.5, 0.6) is 5.75 Å². The lowest BCUT2D eigenvalue weighted by molar-refractivity contribution is 0.101. The highest BCUT2D eigenvalue weighted by Gasteiger charge is 2.19. The number of ketones is 1. The minimum atomic E-state index is 0.0991. The second kappa shape index (κ2) is 8.30. The number of benzene rings is 3. The van der Waals surface area contributed by atoms with Crippen molar-refractivity contribution in [3.63, 3.8) is 0 Å². The Morgan fingerprint density at radius 1 is 0.964 bits per heavy atom. The molecule has 1 aliphatic carbocycles. The zero-order chi connectivity index (χ0) is 19.3. The summed E-state index contributed by atoms with van der Waals surface area (Å²) in [6.07, 6.45) is 3.08. The molecule has 3 heteroatoms. The van der Waals surface area contributed by atoms with E-state index in [1.807, 2.05) is 36.4 Å². The maximum absolute atomic E-state index is 12.6.